The van der Waals surface area contributed by atoms with Gasteiger partial charge in [-0.2, -0.15) is 10.4 Å². The van der Waals surface area contributed by atoms with Crippen LogP contribution in [0.3, 0.4) is 0 Å². The number of nitrogens with zero attached hydrogens (tertiary/aromatic N) is 3. The molecule has 0 N–H and O–H groups in total. The third kappa shape index (κ3) is 4.15. The number of nitriles is 1. The second-order valence-electron chi connectivity index (χ2n) is 9.54. The highest BCUT2D eigenvalue weighted by Gasteiger charge is 2.51. The van der Waals surface area contributed by atoms with Gasteiger partial charge in [-0.3, -0.25) is 5.01 Å². The maximum Gasteiger partial charge on any atom is 0.192 e. The van der Waals surface area contributed by atoms with Gasteiger partial charge in [-0.05, 0) is 43.1 Å². The van der Waals surface area contributed by atoms with Crippen LogP contribution < -0.4 is 0 Å². The summed E-state index contributed by atoms with van der Waals surface area (Å²) in [6.45, 7) is 13.3. The predicted octanol–water partition coefficient (Wildman–Crippen LogP) is 5.06. The van der Waals surface area contributed by atoms with Gasteiger partial charge in [0.15, 0.2) is 8.32 Å². The van der Waals surface area contributed by atoms with Crippen molar-refractivity contribution in [1.82, 2.24) is 5.01 Å². The Bertz CT molecular complexity index is 878. The lowest BCUT2D eigenvalue weighted by Gasteiger charge is -2.40. The quantitative estimate of drug-likeness (QED) is 0.567. The summed E-state index contributed by atoms with van der Waals surface area (Å²) < 4.78 is 25.8. The molecule has 2 aliphatic rings. The standard InChI is InChI=1S/C22H31ClFN3O2Si/c1-14-16(8-7-15(13-25)18(14)23)19-21(28-12-10-24)20-17(9-11-27(20)26-19)29-30(5,6)22(2,3)4/h7-8,17,20-21H,9-12H2,1-6H3/t17-,20-,21+/m0/s1. The van der Waals surface area contributed by atoms with Crippen LogP contribution in [-0.4, -0.2) is 57.1 Å². The normalized spacial score (nSPS) is 24.0. The first-order valence-corrected chi connectivity index (χ1v) is 13.7. The summed E-state index contributed by atoms with van der Waals surface area (Å²) in [5, 5.41) is 16.6. The fraction of sp³-hybridized carbons (Fsp3) is 0.636. The van der Waals surface area contributed by atoms with E-state index in [0.717, 1.165) is 29.8 Å². The zero-order chi connectivity index (χ0) is 22.3. The molecule has 2 aliphatic heterocycles. The topological polar surface area (TPSA) is 57.9 Å². The van der Waals surface area contributed by atoms with Crippen molar-refractivity contribution in [2.45, 2.75) is 70.5 Å². The number of hydrogen-bond donors (Lipinski definition) is 0. The Morgan fingerprint density at radius 1 is 1.37 bits per heavy atom. The van der Waals surface area contributed by atoms with Gasteiger partial charge in [0.2, 0.25) is 0 Å². The van der Waals surface area contributed by atoms with Crippen LogP contribution in [0.4, 0.5) is 4.39 Å². The molecular weight excluding hydrogens is 421 g/mol. The minimum absolute atomic E-state index is 0.00387. The molecule has 1 aromatic rings. The van der Waals surface area contributed by atoms with Crippen molar-refractivity contribution in [3.05, 3.63) is 33.8 Å². The van der Waals surface area contributed by atoms with E-state index in [0.29, 0.717) is 10.6 Å². The van der Waals surface area contributed by atoms with E-state index in [4.69, 9.17) is 25.9 Å². The van der Waals surface area contributed by atoms with E-state index in [9.17, 15) is 9.65 Å². The van der Waals surface area contributed by atoms with E-state index in [1.807, 2.05) is 18.0 Å². The fourth-order valence-electron chi connectivity index (χ4n) is 3.89. The Hall–Kier alpha value is -1.46. The van der Waals surface area contributed by atoms with Gasteiger partial charge in [0.05, 0.1) is 29.0 Å². The maximum atomic E-state index is 13.0. The van der Waals surface area contributed by atoms with Gasteiger partial charge in [-0.25, -0.2) is 4.39 Å². The van der Waals surface area contributed by atoms with Crippen molar-refractivity contribution in [2.75, 3.05) is 19.8 Å². The van der Waals surface area contributed by atoms with Gasteiger partial charge >= 0.3 is 0 Å². The van der Waals surface area contributed by atoms with E-state index < -0.39 is 21.1 Å². The lowest BCUT2D eigenvalue weighted by molar-refractivity contribution is 0.0140. The van der Waals surface area contributed by atoms with Crippen LogP contribution in [-0.2, 0) is 9.16 Å². The van der Waals surface area contributed by atoms with Crippen LogP contribution in [0.15, 0.2) is 17.2 Å². The largest absolute Gasteiger partial charge is 0.412 e. The van der Waals surface area contributed by atoms with Crippen LogP contribution in [0, 0.1) is 18.3 Å². The van der Waals surface area contributed by atoms with E-state index in [2.05, 4.69) is 39.9 Å². The molecule has 30 heavy (non-hydrogen) atoms. The van der Waals surface area contributed by atoms with Crippen molar-refractivity contribution < 1.29 is 13.6 Å². The van der Waals surface area contributed by atoms with E-state index in [-0.39, 0.29) is 23.8 Å². The third-order valence-electron chi connectivity index (χ3n) is 6.59. The molecule has 0 aliphatic carbocycles. The molecule has 1 aromatic carbocycles. The van der Waals surface area contributed by atoms with Gasteiger partial charge in [-0.15, -0.1) is 0 Å². The molecule has 2 heterocycles. The molecule has 0 aromatic heterocycles. The molecular formula is C22H31ClFN3O2Si. The number of rotatable bonds is 6. The van der Waals surface area contributed by atoms with Crippen molar-refractivity contribution in [3.8, 4) is 6.07 Å². The third-order valence-corrected chi connectivity index (χ3v) is 11.6. The Morgan fingerprint density at radius 3 is 2.67 bits per heavy atom. The zero-order valence-electron chi connectivity index (χ0n) is 18.6. The van der Waals surface area contributed by atoms with Gasteiger partial charge in [-0.1, -0.05) is 38.4 Å². The first-order chi connectivity index (χ1) is 14.0. The Labute approximate surface area is 184 Å². The van der Waals surface area contributed by atoms with Gasteiger partial charge in [0.1, 0.15) is 24.9 Å². The molecule has 164 valence electrons. The summed E-state index contributed by atoms with van der Waals surface area (Å²) in [6.07, 6.45) is 0.447. The number of benzene rings is 1. The average molecular weight is 452 g/mol. The van der Waals surface area contributed by atoms with Crippen LogP contribution in [0.1, 0.15) is 43.9 Å². The molecule has 1 saturated heterocycles. The summed E-state index contributed by atoms with van der Waals surface area (Å²) in [5.41, 5.74) is 2.79. The second-order valence-corrected chi connectivity index (χ2v) is 14.7. The number of halogens is 2. The number of hydrogen-bond acceptors (Lipinski definition) is 5. The van der Waals surface area contributed by atoms with Crippen molar-refractivity contribution >= 4 is 25.6 Å². The predicted molar refractivity (Wildman–Crippen MR) is 120 cm³/mol. The van der Waals surface area contributed by atoms with E-state index in [1.54, 1.807) is 6.07 Å². The van der Waals surface area contributed by atoms with Gasteiger partial charge in [0.25, 0.3) is 0 Å². The SMILES string of the molecule is Cc1c(C2=NN3CC[C@H](O[Si](C)(C)C(C)(C)C)[C@H]3[C@@H]2OCCF)ccc(C#N)c1Cl. The molecule has 8 heteroatoms. The Morgan fingerprint density at radius 2 is 2.07 bits per heavy atom. The molecule has 0 unspecified atom stereocenters. The molecule has 3 rings (SSSR count). The summed E-state index contributed by atoms with van der Waals surface area (Å²) in [6, 6.07) is 5.58. The van der Waals surface area contributed by atoms with Crippen molar-refractivity contribution in [1.29, 1.82) is 5.26 Å². The number of fused-ring (bicyclic) bond motifs is 1. The number of ether oxygens (including phenoxy) is 1. The molecule has 0 bridgehead atoms. The summed E-state index contributed by atoms with van der Waals surface area (Å²) in [5.74, 6) is 0. The molecule has 3 atom stereocenters. The molecule has 1 fully saturated rings. The summed E-state index contributed by atoms with van der Waals surface area (Å²) >= 11 is 6.40. The van der Waals surface area contributed by atoms with Crippen molar-refractivity contribution in [3.63, 3.8) is 0 Å². The monoisotopic (exact) mass is 451 g/mol. The molecule has 0 saturated carbocycles. The van der Waals surface area contributed by atoms with E-state index in [1.165, 1.54) is 0 Å². The van der Waals surface area contributed by atoms with Gasteiger partial charge < -0.3 is 9.16 Å². The van der Waals surface area contributed by atoms with Crippen LogP contribution in [0.2, 0.25) is 23.2 Å². The maximum absolute atomic E-state index is 13.0. The minimum Gasteiger partial charge on any atom is -0.412 e. The first kappa shape index (κ1) is 23.2. The highest BCUT2D eigenvalue weighted by molar-refractivity contribution is 6.74. The average Bonchev–Trinajstić information content (AvgIpc) is 3.21. The first-order valence-electron chi connectivity index (χ1n) is 10.4. The second kappa shape index (κ2) is 8.58. The molecule has 0 spiro atoms. The smallest absolute Gasteiger partial charge is 0.192 e. The van der Waals surface area contributed by atoms with Crippen LogP contribution in [0.5, 0.6) is 0 Å². The lowest BCUT2D eigenvalue weighted by Crippen LogP contribution is -2.50. The van der Waals surface area contributed by atoms with Crippen molar-refractivity contribution in [2.24, 2.45) is 5.10 Å². The Balaban J connectivity index is 1.95. The highest BCUT2D eigenvalue weighted by atomic mass is 35.5. The summed E-state index contributed by atoms with van der Waals surface area (Å²) in [4.78, 5) is 0. The van der Waals surface area contributed by atoms with E-state index >= 15 is 0 Å². The lowest BCUT2D eigenvalue weighted by atomic mass is 9.94. The molecule has 0 radical (unpaired) electrons. The van der Waals surface area contributed by atoms with Gasteiger partial charge in [0, 0.05) is 12.1 Å². The summed E-state index contributed by atoms with van der Waals surface area (Å²) in [7, 11) is -1.99. The molecule has 0 amide bonds. The zero-order valence-corrected chi connectivity index (χ0v) is 20.4. The Kier molecular flexibility index (Phi) is 6.64. The minimum atomic E-state index is -1.99. The fourth-order valence-corrected chi connectivity index (χ4v) is 5.46. The van der Waals surface area contributed by atoms with Crippen LogP contribution in [0.25, 0.3) is 0 Å². The highest BCUT2D eigenvalue weighted by Crippen LogP contribution is 2.42. The van der Waals surface area contributed by atoms with Crippen LogP contribution >= 0.6 is 11.6 Å². The number of alkyl halides is 1. The molecule has 5 nitrogen and oxygen atoms in total. The number of hydrazone groups is 1.